The summed E-state index contributed by atoms with van der Waals surface area (Å²) in [5.74, 6) is 2.07. The van der Waals surface area contributed by atoms with Crippen LogP contribution in [0.15, 0.2) is 30.6 Å². The molecule has 0 saturated carbocycles. The second-order valence-electron chi connectivity index (χ2n) is 5.22. The summed E-state index contributed by atoms with van der Waals surface area (Å²) in [6, 6.07) is 6.85. The van der Waals surface area contributed by atoms with Crippen molar-refractivity contribution in [2.45, 2.75) is 32.4 Å². The number of benzene rings is 1. The van der Waals surface area contributed by atoms with Crippen molar-refractivity contribution in [3.63, 3.8) is 0 Å². The van der Waals surface area contributed by atoms with Gasteiger partial charge in [-0.15, -0.1) is 0 Å². The van der Waals surface area contributed by atoms with E-state index in [-0.39, 0.29) is 0 Å². The van der Waals surface area contributed by atoms with Gasteiger partial charge in [-0.2, -0.15) is 0 Å². The molecule has 20 heavy (non-hydrogen) atoms. The molecule has 1 aliphatic carbocycles. The van der Waals surface area contributed by atoms with Crippen molar-refractivity contribution in [3.05, 3.63) is 47.5 Å². The van der Waals surface area contributed by atoms with Crippen molar-refractivity contribution >= 4 is 0 Å². The Morgan fingerprint density at radius 2 is 2.35 bits per heavy atom. The van der Waals surface area contributed by atoms with Gasteiger partial charge in [0.1, 0.15) is 18.2 Å². The zero-order valence-corrected chi connectivity index (χ0v) is 12.1. The van der Waals surface area contributed by atoms with Crippen LogP contribution in [-0.2, 0) is 13.0 Å². The highest BCUT2D eigenvalue weighted by molar-refractivity contribution is 5.45. The van der Waals surface area contributed by atoms with Crippen LogP contribution in [0.1, 0.15) is 29.4 Å². The lowest BCUT2D eigenvalue weighted by molar-refractivity contribution is 0.294. The van der Waals surface area contributed by atoms with E-state index >= 15 is 0 Å². The number of rotatable bonds is 5. The van der Waals surface area contributed by atoms with Gasteiger partial charge < -0.3 is 14.6 Å². The van der Waals surface area contributed by atoms with Gasteiger partial charge in [0.2, 0.25) is 0 Å². The van der Waals surface area contributed by atoms with Crippen molar-refractivity contribution in [2.75, 3.05) is 13.7 Å². The van der Waals surface area contributed by atoms with Gasteiger partial charge in [-0.1, -0.05) is 12.1 Å². The number of nitrogens with zero attached hydrogens (tertiary/aromatic N) is 2. The van der Waals surface area contributed by atoms with Crippen molar-refractivity contribution in [3.8, 4) is 5.75 Å². The van der Waals surface area contributed by atoms with E-state index in [9.17, 15) is 0 Å². The minimum atomic E-state index is 0.476. The lowest BCUT2D eigenvalue weighted by Gasteiger charge is -2.13. The molecule has 0 saturated heterocycles. The first kappa shape index (κ1) is 13.2. The van der Waals surface area contributed by atoms with E-state index in [1.54, 1.807) is 0 Å². The van der Waals surface area contributed by atoms with Crippen LogP contribution < -0.4 is 10.1 Å². The van der Waals surface area contributed by atoms with Crippen molar-refractivity contribution in [1.29, 1.82) is 0 Å². The van der Waals surface area contributed by atoms with Gasteiger partial charge >= 0.3 is 0 Å². The third kappa shape index (κ3) is 2.43. The molecule has 4 heteroatoms. The minimum Gasteiger partial charge on any atom is -0.491 e. The van der Waals surface area contributed by atoms with Gasteiger partial charge in [0.15, 0.2) is 0 Å². The van der Waals surface area contributed by atoms with Crippen LogP contribution >= 0.6 is 0 Å². The summed E-state index contributed by atoms with van der Waals surface area (Å²) in [6.07, 6.45) is 6.08. The van der Waals surface area contributed by atoms with E-state index in [4.69, 9.17) is 4.74 Å². The van der Waals surface area contributed by atoms with Gasteiger partial charge in [-0.25, -0.2) is 4.98 Å². The first-order chi connectivity index (χ1) is 9.79. The first-order valence-corrected chi connectivity index (χ1v) is 7.19. The largest absolute Gasteiger partial charge is 0.491 e. The molecule has 1 N–H and O–H groups in total. The average Bonchev–Trinajstić information content (AvgIpc) is 3.06. The Morgan fingerprint density at radius 1 is 1.45 bits per heavy atom. The van der Waals surface area contributed by atoms with E-state index in [2.05, 4.69) is 33.1 Å². The molecule has 0 aliphatic heterocycles. The molecular formula is C16H21N3O. The summed E-state index contributed by atoms with van der Waals surface area (Å²) < 4.78 is 8.10. The fourth-order valence-corrected chi connectivity index (χ4v) is 2.95. The Balaban J connectivity index is 1.67. The Kier molecular flexibility index (Phi) is 3.74. The second-order valence-corrected chi connectivity index (χ2v) is 5.22. The first-order valence-electron chi connectivity index (χ1n) is 7.19. The molecule has 0 spiro atoms. The Morgan fingerprint density at radius 3 is 3.10 bits per heavy atom. The summed E-state index contributed by atoms with van der Waals surface area (Å²) in [7, 11) is 2.02. The summed E-state index contributed by atoms with van der Waals surface area (Å²) in [6.45, 7) is 3.53. The highest BCUT2D eigenvalue weighted by Gasteiger charge is 2.23. The van der Waals surface area contributed by atoms with Crippen LogP contribution in [0.3, 0.4) is 0 Å². The molecule has 1 aromatic heterocycles. The maximum atomic E-state index is 5.99. The third-order valence-corrected chi connectivity index (χ3v) is 4.09. The van der Waals surface area contributed by atoms with Gasteiger partial charge in [0, 0.05) is 18.4 Å². The number of hydrogen-bond donors (Lipinski definition) is 1. The molecular weight excluding hydrogens is 250 g/mol. The molecule has 4 nitrogen and oxygen atoms in total. The normalized spacial score (nSPS) is 17.2. The van der Waals surface area contributed by atoms with Crippen molar-refractivity contribution < 1.29 is 4.74 Å². The Hall–Kier alpha value is -1.81. The summed E-state index contributed by atoms with van der Waals surface area (Å²) in [5, 5.41) is 3.37. The molecule has 0 radical (unpaired) electrons. The second kappa shape index (κ2) is 5.67. The van der Waals surface area contributed by atoms with E-state index in [0.29, 0.717) is 12.6 Å². The number of aryl methyl sites for hydroxylation is 1. The van der Waals surface area contributed by atoms with Crippen LogP contribution in [-0.4, -0.2) is 23.2 Å². The van der Waals surface area contributed by atoms with Crippen LogP contribution in [0, 0.1) is 6.92 Å². The summed E-state index contributed by atoms with van der Waals surface area (Å²) >= 11 is 0. The van der Waals surface area contributed by atoms with E-state index in [0.717, 1.165) is 31.0 Å². The van der Waals surface area contributed by atoms with E-state index in [1.165, 1.54) is 11.1 Å². The van der Waals surface area contributed by atoms with Crippen LogP contribution in [0.5, 0.6) is 5.75 Å². The number of nitrogens with one attached hydrogen (secondary N) is 1. The zero-order chi connectivity index (χ0) is 13.9. The van der Waals surface area contributed by atoms with Gasteiger partial charge in [0.05, 0.1) is 6.54 Å². The molecule has 1 heterocycles. The van der Waals surface area contributed by atoms with E-state index in [1.807, 2.05) is 26.4 Å². The predicted octanol–water partition coefficient (Wildman–Crippen LogP) is 2.48. The lowest BCUT2D eigenvalue weighted by Crippen LogP contribution is -2.13. The molecule has 3 rings (SSSR count). The highest BCUT2D eigenvalue weighted by Crippen LogP contribution is 2.36. The summed E-state index contributed by atoms with van der Waals surface area (Å²) in [4.78, 5) is 4.22. The monoisotopic (exact) mass is 271 g/mol. The Labute approximate surface area is 119 Å². The maximum Gasteiger partial charge on any atom is 0.122 e. The van der Waals surface area contributed by atoms with Crippen LogP contribution in [0.4, 0.5) is 0 Å². The average molecular weight is 271 g/mol. The highest BCUT2D eigenvalue weighted by atomic mass is 16.5. The quantitative estimate of drug-likeness (QED) is 0.908. The topological polar surface area (TPSA) is 39.1 Å². The zero-order valence-electron chi connectivity index (χ0n) is 12.1. The third-order valence-electron chi connectivity index (χ3n) is 4.09. The number of ether oxygens (including phenoxy) is 1. The van der Waals surface area contributed by atoms with E-state index < -0.39 is 0 Å². The lowest BCUT2D eigenvalue weighted by atomic mass is 10.1. The molecule has 1 atom stereocenters. The molecule has 0 bridgehead atoms. The number of fused-ring (bicyclic) bond motifs is 1. The molecule has 1 aliphatic rings. The maximum absolute atomic E-state index is 5.99. The standard InChI is InChI=1S/C16H21N3O/c1-12-18-8-9-19(12)10-11-20-16-5-3-4-13-14(16)6-7-15(13)17-2/h3-5,8-9,15,17H,6-7,10-11H2,1-2H3. The molecule has 1 unspecified atom stereocenters. The van der Waals surface area contributed by atoms with Crippen LogP contribution in [0.2, 0.25) is 0 Å². The fraction of sp³-hybridized carbons (Fsp3) is 0.438. The SMILES string of the molecule is CNC1CCc2c(OCCn3ccnc3C)cccc21. The summed E-state index contributed by atoms with van der Waals surface area (Å²) in [5.41, 5.74) is 2.76. The molecule has 106 valence electrons. The predicted molar refractivity (Wildman–Crippen MR) is 79.0 cm³/mol. The number of aromatic nitrogens is 2. The van der Waals surface area contributed by atoms with Gasteiger partial charge in [0.25, 0.3) is 0 Å². The number of hydrogen-bond acceptors (Lipinski definition) is 3. The van der Waals surface area contributed by atoms with Crippen LogP contribution in [0.25, 0.3) is 0 Å². The van der Waals surface area contributed by atoms with Gasteiger partial charge in [-0.3, -0.25) is 0 Å². The van der Waals surface area contributed by atoms with Crippen molar-refractivity contribution in [2.24, 2.45) is 0 Å². The Bertz CT molecular complexity index is 591. The van der Waals surface area contributed by atoms with Gasteiger partial charge in [-0.05, 0) is 44.0 Å². The molecule has 0 amide bonds. The smallest absolute Gasteiger partial charge is 0.122 e. The molecule has 1 aromatic carbocycles. The minimum absolute atomic E-state index is 0.476. The number of imidazole rings is 1. The van der Waals surface area contributed by atoms with Crippen molar-refractivity contribution in [1.82, 2.24) is 14.9 Å². The molecule has 0 fully saturated rings. The fourth-order valence-electron chi connectivity index (χ4n) is 2.95. The molecule has 2 aromatic rings.